The van der Waals surface area contributed by atoms with Gasteiger partial charge in [-0.05, 0) is 38.2 Å². The zero-order valence-corrected chi connectivity index (χ0v) is 13.9. The lowest BCUT2D eigenvalue weighted by Gasteiger charge is -2.25. The van der Waals surface area contributed by atoms with E-state index in [1.54, 1.807) is 0 Å². The number of hydrogen-bond donors (Lipinski definition) is 2. The molecule has 1 heterocycles. The standard InChI is InChI=1S/C17H30O4/c1-6-12(7-2)10-14-15(13(8-3)9-4)21-17(20,11(5)18)16(14)19/h8,11-12,14-15,18,20H,6-7,9-10H2,1-5H3/b13-8+. The third-order valence-electron chi connectivity index (χ3n) is 4.81. The topological polar surface area (TPSA) is 66.8 Å². The van der Waals surface area contributed by atoms with Crippen LogP contribution in [-0.2, 0) is 9.53 Å². The van der Waals surface area contributed by atoms with Gasteiger partial charge in [0.05, 0.1) is 12.0 Å². The van der Waals surface area contributed by atoms with Gasteiger partial charge in [0.15, 0.2) is 0 Å². The first-order valence-corrected chi connectivity index (χ1v) is 8.13. The fraction of sp³-hybridized carbons (Fsp3) is 0.824. The van der Waals surface area contributed by atoms with Crippen molar-refractivity contribution in [3.8, 4) is 0 Å². The Morgan fingerprint density at radius 1 is 1.38 bits per heavy atom. The molecule has 0 saturated carbocycles. The van der Waals surface area contributed by atoms with Gasteiger partial charge in [-0.3, -0.25) is 4.79 Å². The van der Waals surface area contributed by atoms with E-state index in [4.69, 9.17) is 4.74 Å². The number of Topliss-reactive ketones (excluding diaryl/α,β-unsaturated/α-hetero) is 1. The van der Waals surface area contributed by atoms with Crippen molar-refractivity contribution in [2.24, 2.45) is 11.8 Å². The lowest BCUT2D eigenvalue weighted by molar-refractivity contribution is -0.228. The van der Waals surface area contributed by atoms with Gasteiger partial charge in [0.2, 0.25) is 5.78 Å². The number of aliphatic hydroxyl groups excluding tert-OH is 1. The number of hydrogen-bond acceptors (Lipinski definition) is 4. The Hall–Kier alpha value is -0.710. The second-order valence-corrected chi connectivity index (χ2v) is 6.02. The van der Waals surface area contributed by atoms with Gasteiger partial charge in [0.1, 0.15) is 6.10 Å². The van der Waals surface area contributed by atoms with Crippen molar-refractivity contribution in [2.45, 2.75) is 78.3 Å². The van der Waals surface area contributed by atoms with Crippen LogP contribution in [0.25, 0.3) is 0 Å². The zero-order chi connectivity index (χ0) is 16.2. The molecule has 0 radical (unpaired) electrons. The predicted molar refractivity (Wildman–Crippen MR) is 82.7 cm³/mol. The zero-order valence-electron chi connectivity index (χ0n) is 13.9. The first-order chi connectivity index (χ1) is 9.85. The molecule has 1 aliphatic rings. The van der Waals surface area contributed by atoms with Gasteiger partial charge < -0.3 is 14.9 Å². The van der Waals surface area contributed by atoms with Crippen molar-refractivity contribution in [2.75, 3.05) is 0 Å². The van der Waals surface area contributed by atoms with Crippen LogP contribution < -0.4 is 0 Å². The molecule has 1 rings (SSSR count). The van der Waals surface area contributed by atoms with Crippen LogP contribution in [0.3, 0.4) is 0 Å². The number of carbonyl (C=O) groups excluding carboxylic acids is 1. The van der Waals surface area contributed by atoms with E-state index < -0.39 is 18.0 Å². The van der Waals surface area contributed by atoms with Gasteiger partial charge in [0.25, 0.3) is 5.79 Å². The van der Waals surface area contributed by atoms with Crippen molar-refractivity contribution < 1.29 is 19.7 Å². The van der Waals surface area contributed by atoms with Crippen molar-refractivity contribution in [3.63, 3.8) is 0 Å². The summed E-state index contributed by atoms with van der Waals surface area (Å²) in [6, 6.07) is 0. The third kappa shape index (κ3) is 3.55. The summed E-state index contributed by atoms with van der Waals surface area (Å²) in [5, 5.41) is 20.2. The maximum absolute atomic E-state index is 12.6. The van der Waals surface area contributed by atoms with Crippen molar-refractivity contribution in [3.05, 3.63) is 11.6 Å². The lowest BCUT2D eigenvalue weighted by atomic mass is 9.81. The first kappa shape index (κ1) is 18.3. The smallest absolute Gasteiger partial charge is 0.254 e. The molecule has 0 spiro atoms. The summed E-state index contributed by atoms with van der Waals surface area (Å²) < 4.78 is 5.66. The molecule has 0 aromatic heterocycles. The average Bonchev–Trinajstić information content (AvgIpc) is 2.72. The SMILES string of the molecule is C/C=C(\CC)C1OC(O)(C(C)O)C(=O)C1CC(CC)CC. The summed E-state index contributed by atoms with van der Waals surface area (Å²) in [6.07, 6.45) is 3.76. The fourth-order valence-corrected chi connectivity index (χ4v) is 3.16. The average molecular weight is 298 g/mol. The highest BCUT2D eigenvalue weighted by Crippen LogP contribution is 2.40. The highest BCUT2D eigenvalue weighted by molar-refractivity contribution is 5.91. The fourth-order valence-electron chi connectivity index (χ4n) is 3.16. The van der Waals surface area contributed by atoms with E-state index in [9.17, 15) is 15.0 Å². The van der Waals surface area contributed by atoms with Gasteiger partial charge in [-0.1, -0.05) is 39.7 Å². The Morgan fingerprint density at radius 3 is 2.33 bits per heavy atom. The Bertz CT molecular complexity index is 384. The lowest BCUT2D eigenvalue weighted by Crippen LogP contribution is -2.47. The van der Waals surface area contributed by atoms with E-state index in [-0.39, 0.29) is 11.7 Å². The Labute approximate surface area is 128 Å². The second kappa shape index (κ2) is 7.52. The van der Waals surface area contributed by atoms with Crippen LogP contribution in [0.2, 0.25) is 0 Å². The third-order valence-corrected chi connectivity index (χ3v) is 4.81. The Kier molecular flexibility index (Phi) is 6.57. The highest BCUT2D eigenvalue weighted by atomic mass is 16.7. The summed E-state index contributed by atoms with van der Waals surface area (Å²) in [4.78, 5) is 12.6. The molecule has 1 saturated heterocycles. The van der Waals surface area contributed by atoms with Crippen LogP contribution >= 0.6 is 0 Å². The summed E-state index contributed by atoms with van der Waals surface area (Å²) in [7, 11) is 0. The van der Waals surface area contributed by atoms with Gasteiger partial charge in [0, 0.05) is 0 Å². The minimum Gasteiger partial charge on any atom is -0.387 e. The van der Waals surface area contributed by atoms with Crippen molar-refractivity contribution in [1.29, 1.82) is 0 Å². The van der Waals surface area contributed by atoms with Crippen LogP contribution in [0, 0.1) is 11.8 Å². The van der Waals surface area contributed by atoms with Crippen molar-refractivity contribution >= 4 is 5.78 Å². The van der Waals surface area contributed by atoms with Crippen LogP contribution in [-0.4, -0.2) is 34.0 Å². The van der Waals surface area contributed by atoms with E-state index >= 15 is 0 Å². The summed E-state index contributed by atoms with van der Waals surface area (Å²) in [5.41, 5.74) is 1.01. The number of carbonyl (C=O) groups is 1. The van der Waals surface area contributed by atoms with E-state index in [0.29, 0.717) is 12.3 Å². The normalized spacial score (nSPS) is 32.0. The molecule has 0 aromatic carbocycles. The minimum absolute atomic E-state index is 0.373. The molecule has 4 heteroatoms. The quantitative estimate of drug-likeness (QED) is 0.709. The van der Waals surface area contributed by atoms with Gasteiger partial charge in [-0.2, -0.15) is 0 Å². The minimum atomic E-state index is -2.06. The van der Waals surface area contributed by atoms with E-state index in [2.05, 4.69) is 13.8 Å². The maximum Gasteiger partial charge on any atom is 0.254 e. The molecule has 1 fully saturated rings. The molecule has 0 aliphatic carbocycles. The molecule has 1 aliphatic heterocycles. The maximum atomic E-state index is 12.6. The molecule has 21 heavy (non-hydrogen) atoms. The van der Waals surface area contributed by atoms with Gasteiger partial charge >= 0.3 is 0 Å². The van der Waals surface area contributed by atoms with Crippen molar-refractivity contribution in [1.82, 2.24) is 0 Å². The van der Waals surface area contributed by atoms with Crippen LogP contribution in [0.5, 0.6) is 0 Å². The second-order valence-electron chi connectivity index (χ2n) is 6.02. The summed E-state index contributed by atoms with van der Waals surface area (Å²) >= 11 is 0. The number of ether oxygens (including phenoxy) is 1. The molecule has 4 unspecified atom stereocenters. The Morgan fingerprint density at radius 2 is 1.95 bits per heavy atom. The van der Waals surface area contributed by atoms with Gasteiger partial charge in [-0.15, -0.1) is 0 Å². The molecule has 0 aromatic rings. The first-order valence-electron chi connectivity index (χ1n) is 8.13. The molecule has 0 bridgehead atoms. The Balaban J connectivity index is 3.11. The van der Waals surface area contributed by atoms with E-state index in [1.165, 1.54) is 6.92 Å². The molecule has 122 valence electrons. The highest BCUT2D eigenvalue weighted by Gasteiger charge is 2.56. The molecule has 4 nitrogen and oxygen atoms in total. The molecule has 2 N–H and O–H groups in total. The molecular formula is C17H30O4. The van der Waals surface area contributed by atoms with E-state index in [0.717, 1.165) is 24.8 Å². The van der Waals surface area contributed by atoms with Crippen LogP contribution in [0.15, 0.2) is 11.6 Å². The largest absolute Gasteiger partial charge is 0.387 e. The van der Waals surface area contributed by atoms with Crippen LogP contribution in [0.4, 0.5) is 0 Å². The molecule has 4 atom stereocenters. The molecular weight excluding hydrogens is 268 g/mol. The van der Waals surface area contributed by atoms with E-state index in [1.807, 2.05) is 19.9 Å². The number of rotatable bonds is 7. The summed E-state index contributed by atoms with van der Waals surface area (Å²) in [6.45, 7) is 9.55. The summed E-state index contributed by atoms with van der Waals surface area (Å²) in [5.74, 6) is -2.38. The molecule has 0 amide bonds. The number of aliphatic hydroxyl groups is 2. The monoisotopic (exact) mass is 298 g/mol. The number of ketones is 1. The van der Waals surface area contributed by atoms with Gasteiger partial charge in [-0.25, -0.2) is 0 Å². The predicted octanol–water partition coefficient (Wildman–Crippen LogP) is 2.82. The number of allylic oxidation sites excluding steroid dienone is 1. The van der Waals surface area contributed by atoms with Crippen LogP contribution in [0.1, 0.15) is 60.3 Å².